The maximum Gasteiger partial charge on any atom is 0.411 e. The van der Waals surface area contributed by atoms with Gasteiger partial charge in [0.25, 0.3) is 5.91 Å². The van der Waals surface area contributed by atoms with E-state index in [1.54, 1.807) is 67.7 Å². The molecule has 0 saturated heterocycles. The van der Waals surface area contributed by atoms with Crippen LogP contribution in [0.5, 0.6) is 11.6 Å². The summed E-state index contributed by atoms with van der Waals surface area (Å²) in [5.41, 5.74) is 2.52. The van der Waals surface area contributed by atoms with E-state index in [0.717, 1.165) is 5.56 Å². The second-order valence-corrected chi connectivity index (χ2v) is 6.43. The number of benzene rings is 2. The predicted octanol–water partition coefficient (Wildman–Crippen LogP) is 4.87. The first-order valence-electron chi connectivity index (χ1n) is 9.49. The van der Waals surface area contributed by atoms with Crippen LogP contribution in [-0.4, -0.2) is 23.6 Å². The normalized spacial score (nSPS) is 9.97. The molecule has 0 spiro atoms. The lowest BCUT2D eigenvalue weighted by molar-refractivity contribution is 0.102. The fourth-order valence-electron chi connectivity index (χ4n) is 2.73. The quantitative estimate of drug-likeness (QED) is 0.592. The number of carbonyl (C=O) groups is 2. The Bertz CT molecular complexity index is 1150. The number of carbonyl (C=O) groups excluding carboxylic acids is 2. The molecule has 0 atom stereocenters. The summed E-state index contributed by atoms with van der Waals surface area (Å²) in [7, 11) is 0. The molecule has 0 unspecified atom stereocenters. The van der Waals surface area contributed by atoms with Gasteiger partial charge in [-0.15, -0.1) is 0 Å². The van der Waals surface area contributed by atoms with Crippen LogP contribution in [0, 0.1) is 18.3 Å². The lowest BCUT2D eigenvalue weighted by Crippen LogP contribution is -2.15. The van der Waals surface area contributed by atoms with Crippen LogP contribution in [0.2, 0.25) is 0 Å². The van der Waals surface area contributed by atoms with E-state index in [1.165, 1.54) is 0 Å². The number of hydrogen-bond acceptors (Lipinski definition) is 6. The zero-order valence-corrected chi connectivity index (χ0v) is 17.0. The molecule has 0 aliphatic heterocycles. The van der Waals surface area contributed by atoms with Crippen molar-refractivity contribution in [1.29, 1.82) is 5.26 Å². The summed E-state index contributed by atoms with van der Waals surface area (Å²) in [4.78, 5) is 28.3. The molecule has 0 saturated carbocycles. The van der Waals surface area contributed by atoms with E-state index in [0.29, 0.717) is 28.3 Å². The second-order valence-electron chi connectivity index (χ2n) is 6.43. The van der Waals surface area contributed by atoms with Gasteiger partial charge in [0.1, 0.15) is 17.4 Å². The topological polar surface area (TPSA) is 113 Å². The number of nitrogens with one attached hydrogen (secondary N) is 2. The van der Waals surface area contributed by atoms with Crippen LogP contribution in [0.15, 0.2) is 60.8 Å². The van der Waals surface area contributed by atoms with Gasteiger partial charge in [-0.25, -0.2) is 9.78 Å². The van der Waals surface area contributed by atoms with Gasteiger partial charge < -0.3 is 14.8 Å². The van der Waals surface area contributed by atoms with Crippen molar-refractivity contribution in [2.45, 2.75) is 13.8 Å². The van der Waals surface area contributed by atoms with Gasteiger partial charge in [-0.05, 0) is 67.9 Å². The summed E-state index contributed by atoms with van der Waals surface area (Å²) in [6, 6.07) is 17.0. The number of nitriles is 1. The molecule has 0 aliphatic carbocycles. The fraction of sp³-hybridized carbons (Fsp3) is 0.130. The number of nitrogens with zero attached hydrogens (tertiary/aromatic N) is 2. The van der Waals surface area contributed by atoms with Crippen molar-refractivity contribution in [3.05, 3.63) is 77.5 Å². The Morgan fingerprint density at radius 1 is 1.10 bits per heavy atom. The highest BCUT2D eigenvalue weighted by Crippen LogP contribution is 2.27. The van der Waals surface area contributed by atoms with Crippen LogP contribution in [0.25, 0.3) is 0 Å². The minimum atomic E-state index is -0.584. The summed E-state index contributed by atoms with van der Waals surface area (Å²) in [5.74, 6) is 0.374. The molecule has 31 heavy (non-hydrogen) atoms. The van der Waals surface area contributed by atoms with Gasteiger partial charge in [0.2, 0.25) is 5.88 Å². The van der Waals surface area contributed by atoms with Gasteiger partial charge in [0.05, 0.1) is 6.61 Å². The molecule has 3 rings (SSSR count). The molecule has 2 aromatic carbocycles. The van der Waals surface area contributed by atoms with Crippen molar-refractivity contribution in [3.63, 3.8) is 0 Å². The van der Waals surface area contributed by atoms with Crippen molar-refractivity contribution >= 4 is 23.4 Å². The van der Waals surface area contributed by atoms with Crippen molar-refractivity contribution in [3.8, 4) is 17.7 Å². The molecular formula is C23H20N4O4. The van der Waals surface area contributed by atoms with E-state index >= 15 is 0 Å². The third-order valence-electron chi connectivity index (χ3n) is 4.20. The zero-order valence-electron chi connectivity index (χ0n) is 17.0. The molecular weight excluding hydrogens is 396 g/mol. The highest BCUT2D eigenvalue weighted by molar-refractivity contribution is 6.05. The van der Waals surface area contributed by atoms with E-state index < -0.39 is 6.09 Å². The van der Waals surface area contributed by atoms with Crippen molar-refractivity contribution < 1.29 is 19.1 Å². The molecule has 1 aromatic heterocycles. The van der Waals surface area contributed by atoms with Gasteiger partial charge in [0, 0.05) is 23.1 Å². The molecule has 0 fully saturated rings. The molecule has 0 aliphatic rings. The maximum absolute atomic E-state index is 12.7. The summed E-state index contributed by atoms with van der Waals surface area (Å²) < 4.78 is 10.5. The molecule has 8 heteroatoms. The smallest absolute Gasteiger partial charge is 0.411 e. The lowest BCUT2D eigenvalue weighted by Gasteiger charge is -2.12. The number of ether oxygens (including phenoxy) is 2. The molecule has 8 nitrogen and oxygen atoms in total. The van der Waals surface area contributed by atoms with Crippen molar-refractivity contribution in [1.82, 2.24) is 4.98 Å². The minimum Gasteiger partial charge on any atom is -0.450 e. The van der Waals surface area contributed by atoms with Crippen LogP contribution in [0.1, 0.15) is 28.4 Å². The molecule has 1 heterocycles. The molecule has 2 amide bonds. The Morgan fingerprint density at radius 3 is 2.68 bits per heavy atom. The van der Waals surface area contributed by atoms with E-state index in [9.17, 15) is 9.59 Å². The monoisotopic (exact) mass is 416 g/mol. The lowest BCUT2D eigenvalue weighted by atomic mass is 10.1. The summed E-state index contributed by atoms with van der Waals surface area (Å²) in [5, 5.41) is 14.6. The van der Waals surface area contributed by atoms with Gasteiger partial charge in [-0.2, -0.15) is 5.26 Å². The van der Waals surface area contributed by atoms with E-state index in [4.69, 9.17) is 14.7 Å². The number of aromatic nitrogens is 1. The Hall–Kier alpha value is -4.38. The first-order valence-corrected chi connectivity index (χ1v) is 9.49. The summed E-state index contributed by atoms with van der Waals surface area (Å²) >= 11 is 0. The number of amides is 2. The van der Waals surface area contributed by atoms with Crippen LogP contribution in [0.3, 0.4) is 0 Å². The highest BCUT2D eigenvalue weighted by Gasteiger charge is 2.12. The Balaban J connectivity index is 1.71. The van der Waals surface area contributed by atoms with Gasteiger partial charge in [-0.1, -0.05) is 6.07 Å². The third-order valence-corrected chi connectivity index (χ3v) is 4.20. The Labute approximate surface area is 179 Å². The van der Waals surface area contributed by atoms with Gasteiger partial charge in [0.15, 0.2) is 0 Å². The molecule has 2 N–H and O–H groups in total. The number of anilines is 2. The standard InChI is InChI=1S/C23H20N4O4/c1-3-30-23(29)26-18-8-4-6-16(13-18)21(28)27-20-10-9-19(12-15(20)2)31-22-17(14-24)7-5-11-25-22/h4-13H,3H2,1-2H3,(H,26,29)(H,27,28). The fourth-order valence-corrected chi connectivity index (χ4v) is 2.73. The van der Waals surface area contributed by atoms with E-state index in [2.05, 4.69) is 15.6 Å². The molecule has 0 radical (unpaired) electrons. The number of rotatable bonds is 6. The van der Waals surface area contributed by atoms with Gasteiger partial charge in [-0.3, -0.25) is 10.1 Å². The Kier molecular flexibility index (Phi) is 6.81. The zero-order chi connectivity index (χ0) is 22.2. The molecule has 0 bridgehead atoms. The average Bonchev–Trinajstić information content (AvgIpc) is 2.76. The Morgan fingerprint density at radius 2 is 1.94 bits per heavy atom. The number of aryl methyl sites for hydroxylation is 1. The molecule has 156 valence electrons. The van der Waals surface area contributed by atoms with Crippen molar-refractivity contribution in [2.75, 3.05) is 17.2 Å². The van der Waals surface area contributed by atoms with Crippen LogP contribution in [-0.2, 0) is 4.74 Å². The number of pyridine rings is 1. The van der Waals surface area contributed by atoms with Crippen LogP contribution in [0.4, 0.5) is 16.2 Å². The largest absolute Gasteiger partial charge is 0.450 e. The van der Waals surface area contributed by atoms with Gasteiger partial charge >= 0.3 is 6.09 Å². The summed E-state index contributed by atoms with van der Waals surface area (Å²) in [6.07, 6.45) is 0.960. The molecule has 3 aromatic rings. The van der Waals surface area contributed by atoms with E-state index in [-0.39, 0.29) is 18.4 Å². The first kappa shape index (κ1) is 21.3. The number of hydrogen-bond donors (Lipinski definition) is 2. The average molecular weight is 416 g/mol. The highest BCUT2D eigenvalue weighted by atomic mass is 16.5. The first-order chi connectivity index (χ1) is 15.0. The maximum atomic E-state index is 12.7. The predicted molar refractivity (Wildman–Crippen MR) is 115 cm³/mol. The second kappa shape index (κ2) is 9.89. The summed E-state index contributed by atoms with van der Waals surface area (Å²) in [6.45, 7) is 3.79. The van der Waals surface area contributed by atoms with Crippen LogP contribution >= 0.6 is 0 Å². The third kappa shape index (κ3) is 5.58. The minimum absolute atomic E-state index is 0.215. The van der Waals surface area contributed by atoms with Crippen molar-refractivity contribution in [2.24, 2.45) is 0 Å². The van der Waals surface area contributed by atoms with E-state index in [1.807, 2.05) is 13.0 Å². The van der Waals surface area contributed by atoms with Crippen LogP contribution < -0.4 is 15.4 Å². The SMILES string of the molecule is CCOC(=O)Nc1cccc(C(=O)Nc2ccc(Oc3ncccc3C#N)cc2C)c1.